The Morgan fingerprint density at radius 2 is 1.28 bits per heavy atom. The van der Waals surface area contributed by atoms with Crippen LogP contribution in [0.5, 0.6) is 0 Å². The van der Waals surface area contributed by atoms with Gasteiger partial charge in [-0.2, -0.15) is 5.10 Å². The van der Waals surface area contributed by atoms with E-state index >= 15 is 0 Å². The summed E-state index contributed by atoms with van der Waals surface area (Å²) >= 11 is 0. The minimum atomic E-state index is 0.790. The Balaban J connectivity index is 1.48. The maximum Gasteiger partial charge on any atom is 0.183 e. The Labute approximate surface area is 170 Å². The van der Waals surface area contributed by atoms with Gasteiger partial charge in [0.25, 0.3) is 0 Å². The van der Waals surface area contributed by atoms with Crippen molar-refractivity contribution >= 4 is 22.3 Å². The summed E-state index contributed by atoms with van der Waals surface area (Å²) in [5, 5.41) is 16.1. The van der Waals surface area contributed by atoms with Crippen LogP contribution in [-0.2, 0) is 0 Å². The van der Waals surface area contributed by atoms with E-state index in [1.54, 1.807) is 0 Å². The van der Waals surface area contributed by atoms with Crippen LogP contribution in [0.15, 0.2) is 60.7 Å². The minimum absolute atomic E-state index is 0.790. The molecule has 0 bridgehead atoms. The van der Waals surface area contributed by atoms with E-state index in [1.165, 1.54) is 5.69 Å². The molecule has 146 valence electrons. The summed E-state index contributed by atoms with van der Waals surface area (Å²) in [6.45, 7) is 7.84. The normalized spacial score (nSPS) is 14.6. The van der Waals surface area contributed by atoms with Crippen molar-refractivity contribution in [1.82, 2.24) is 20.0 Å². The summed E-state index contributed by atoms with van der Waals surface area (Å²) in [6.07, 6.45) is 0. The monoisotopic (exact) mass is 384 g/mol. The fourth-order valence-electron chi connectivity index (χ4n) is 4.12. The lowest BCUT2D eigenvalue weighted by Gasteiger charge is -2.37. The summed E-state index contributed by atoms with van der Waals surface area (Å²) in [7, 11) is 0. The number of para-hydroxylation sites is 1. The highest BCUT2D eigenvalue weighted by atomic mass is 15.4. The van der Waals surface area contributed by atoms with Crippen LogP contribution < -0.4 is 9.80 Å². The van der Waals surface area contributed by atoms with Crippen LogP contribution in [-0.4, -0.2) is 46.2 Å². The molecule has 3 heterocycles. The predicted octanol–water partition coefficient (Wildman–Crippen LogP) is 3.76. The molecule has 0 saturated carbocycles. The quantitative estimate of drug-likeness (QED) is 0.538. The average Bonchev–Trinajstić information content (AvgIpc) is 3.11. The van der Waals surface area contributed by atoms with Gasteiger partial charge in [-0.15, -0.1) is 10.2 Å². The molecule has 0 spiro atoms. The molecule has 0 N–H and O–H groups in total. The molecule has 4 aromatic rings. The summed E-state index contributed by atoms with van der Waals surface area (Å²) in [6, 6.07) is 21.0. The number of benzene rings is 2. The zero-order valence-corrected chi connectivity index (χ0v) is 16.8. The summed E-state index contributed by atoms with van der Waals surface area (Å²) in [4.78, 5) is 4.77. The highest BCUT2D eigenvalue weighted by Gasteiger charge is 2.22. The number of fused-ring (bicyclic) bond motifs is 1. The number of aromatic nitrogens is 4. The van der Waals surface area contributed by atoms with Crippen LogP contribution >= 0.6 is 0 Å². The summed E-state index contributed by atoms with van der Waals surface area (Å²) < 4.78 is 1.89. The molecule has 2 aromatic carbocycles. The largest absolute Gasteiger partial charge is 0.368 e. The lowest BCUT2D eigenvalue weighted by molar-refractivity contribution is 0.644. The molecular formula is C23H24N6. The van der Waals surface area contributed by atoms with Crippen molar-refractivity contribution in [1.29, 1.82) is 0 Å². The zero-order chi connectivity index (χ0) is 19.8. The standard InChI is InChI=1S/C23H24N6/c1-17-16-18(2)29(26-17)23-21-11-7-6-10-20(21)22(24-25-23)28-14-12-27(13-15-28)19-8-4-3-5-9-19/h3-11,16H,12-15H2,1-2H3. The molecule has 0 amide bonds. The third-order valence-electron chi connectivity index (χ3n) is 5.56. The zero-order valence-electron chi connectivity index (χ0n) is 16.8. The smallest absolute Gasteiger partial charge is 0.183 e. The first kappa shape index (κ1) is 17.7. The van der Waals surface area contributed by atoms with Crippen molar-refractivity contribution in [2.75, 3.05) is 36.0 Å². The number of rotatable bonds is 3. The van der Waals surface area contributed by atoms with Crippen molar-refractivity contribution < 1.29 is 0 Å². The number of piperazine rings is 1. The lowest BCUT2D eigenvalue weighted by Crippen LogP contribution is -2.47. The van der Waals surface area contributed by atoms with Crippen molar-refractivity contribution in [3.8, 4) is 5.82 Å². The van der Waals surface area contributed by atoms with Gasteiger partial charge in [0.1, 0.15) is 0 Å². The second-order valence-electron chi connectivity index (χ2n) is 7.54. The van der Waals surface area contributed by atoms with Gasteiger partial charge >= 0.3 is 0 Å². The first-order chi connectivity index (χ1) is 14.2. The Bertz CT molecular complexity index is 1140. The van der Waals surface area contributed by atoms with Gasteiger partial charge in [0.05, 0.1) is 5.69 Å². The second-order valence-corrected chi connectivity index (χ2v) is 7.54. The van der Waals surface area contributed by atoms with Crippen LogP contribution in [0, 0.1) is 13.8 Å². The SMILES string of the molecule is Cc1cc(C)n(-c2nnc(N3CCN(c4ccccc4)CC3)c3ccccc23)n1. The topological polar surface area (TPSA) is 50.1 Å². The van der Waals surface area contributed by atoms with Gasteiger partial charge in [-0.1, -0.05) is 42.5 Å². The molecule has 5 rings (SSSR count). The molecule has 1 aliphatic heterocycles. The van der Waals surface area contributed by atoms with Crippen LogP contribution in [0.1, 0.15) is 11.4 Å². The number of hydrogen-bond donors (Lipinski definition) is 0. The van der Waals surface area contributed by atoms with Gasteiger partial charge in [0.2, 0.25) is 0 Å². The number of aryl methyl sites for hydroxylation is 2. The number of hydrogen-bond acceptors (Lipinski definition) is 5. The van der Waals surface area contributed by atoms with Crippen molar-refractivity contribution in [3.63, 3.8) is 0 Å². The Morgan fingerprint density at radius 3 is 1.93 bits per heavy atom. The number of anilines is 2. The molecule has 2 aromatic heterocycles. The fourth-order valence-corrected chi connectivity index (χ4v) is 4.12. The molecule has 0 aliphatic carbocycles. The third-order valence-corrected chi connectivity index (χ3v) is 5.56. The molecular weight excluding hydrogens is 360 g/mol. The Morgan fingerprint density at radius 1 is 0.690 bits per heavy atom. The van der Waals surface area contributed by atoms with E-state index in [-0.39, 0.29) is 0 Å². The molecule has 29 heavy (non-hydrogen) atoms. The van der Waals surface area contributed by atoms with Crippen LogP contribution in [0.3, 0.4) is 0 Å². The van der Waals surface area contributed by atoms with E-state index in [2.05, 4.69) is 85.8 Å². The Hall–Kier alpha value is -3.41. The van der Waals surface area contributed by atoms with Crippen LogP contribution in [0.25, 0.3) is 16.6 Å². The van der Waals surface area contributed by atoms with E-state index in [0.717, 1.165) is 60.0 Å². The van der Waals surface area contributed by atoms with Gasteiger partial charge in [-0.05, 0) is 32.0 Å². The molecule has 1 saturated heterocycles. The first-order valence-electron chi connectivity index (χ1n) is 10.0. The van der Waals surface area contributed by atoms with E-state index in [0.29, 0.717) is 0 Å². The fraction of sp³-hybridized carbons (Fsp3) is 0.261. The molecule has 0 unspecified atom stereocenters. The van der Waals surface area contributed by atoms with Crippen LogP contribution in [0.2, 0.25) is 0 Å². The molecule has 1 aliphatic rings. The highest BCUT2D eigenvalue weighted by Crippen LogP contribution is 2.29. The Kier molecular flexibility index (Phi) is 4.39. The number of nitrogens with zero attached hydrogens (tertiary/aromatic N) is 6. The van der Waals surface area contributed by atoms with Gasteiger partial charge in [0, 0.05) is 48.3 Å². The predicted molar refractivity (Wildman–Crippen MR) is 117 cm³/mol. The van der Waals surface area contributed by atoms with Crippen molar-refractivity contribution in [3.05, 3.63) is 72.1 Å². The van der Waals surface area contributed by atoms with Crippen molar-refractivity contribution in [2.45, 2.75) is 13.8 Å². The van der Waals surface area contributed by atoms with E-state index in [9.17, 15) is 0 Å². The first-order valence-corrected chi connectivity index (χ1v) is 10.0. The highest BCUT2D eigenvalue weighted by molar-refractivity contribution is 5.96. The maximum absolute atomic E-state index is 4.65. The van der Waals surface area contributed by atoms with Gasteiger partial charge < -0.3 is 9.80 Å². The summed E-state index contributed by atoms with van der Waals surface area (Å²) in [5.74, 6) is 1.75. The molecule has 6 heteroatoms. The van der Waals surface area contributed by atoms with E-state index < -0.39 is 0 Å². The summed E-state index contributed by atoms with van der Waals surface area (Å²) in [5.41, 5.74) is 3.32. The molecule has 0 atom stereocenters. The molecule has 1 fully saturated rings. The van der Waals surface area contributed by atoms with Crippen LogP contribution in [0.4, 0.5) is 11.5 Å². The molecule has 0 radical (unpaired) electrons. The third kappa shape index (κ3) is 3.20. The minimum Gasteiger partial charge on any atom is -0.368 e. The van der Waals surface area contributed by atoms with Crippen molar-refractivity contribution in [2.24, 2.45) is 0 Å². The maximum atomic E-state index is 4.65. The average molecular weight is 384 g/mol. The molecule has 6 nitrogen and oxygen atoms in total. The second kappa shape index (κ2) is 7.20. The van der Waals surface area contributed by atoms with Gasteiger partial charge in [-0.3, -0.25) is 0 Å². The van der Waals surface area contributed by atoms with E-state index in [4.69, 9.17) is 0 Å². The lowest BCUT2D eigenvalue weighted by atomic mass is 10.1. The van der Waals surface area contributed by atoms with Gasteiger partial charge in [0.15, 0.2) is 11.6 Å². The van der Waals surface area contributed by atoms with E-state index in [1.807, 2.05) is 18.5 Å². The van der Waals surface area contributed by atoms with Gasteiger partial charge in [-0.25, -0.2) is 4.68 Å².